The summed E-state index contributed by atoms with van der Waals surface area (Å²) >= 11 is 0. The zero-order valence-electron chi connectivity index (χ0n) is 12.0. The highest BCUT2D eigenvalue weighted by atomic mass is 16.4. The maximum absolute atomic E-state index is 12.1. The van der Waals surface area contributed by atoms with Crippen LogP contribution in [0.3, 0.4) is 0 Å². The first kappa shape index (κ1) is 14.5. The largest absolute Gasteiger partial charge is 0.480 e. The highest BCUT2D eigenvalue weighted by Gasteiger charge is 2.43. The van der Waals surface area contributed by atoms with Crippen LogP contribution in [0.2, 0.25) is 0 Å². The summed E-state index contributed by atoms with van der Waals surface area (Å²) in [5.74, 6) is -0.947. The fraction of sp³-hybridized carbons (Fsp3) is 0.692. The third kappa shape index (κ3) is 2.66. The maximum atomic E-state index is 12.1. The minimum absolute atomic E-state index is 0.0116. The minimum Gasteiger partial charge on any atom is -0.480 e. The van der Waals surface area contributed by atoms with Crippen molar-refractivity contribution in [2.45, 2.75) is 57.4 Å². The molecule has 7 nitrogen and oxygen atoms in total. The van der Waals surface area contributed by atoms with Crippen LogP contribution < -0.4 is 5.32 Å². The number of nitrogens with one attached hydrogen (secondary N) is 2. The van der Waals surface area contributed by atoms with Gasteiger partial charge in [0.05, 0.1) is 0 Å². The number of amides is 1. The zero-order chi connectivity index (χ0) is 15.0. The topological polar surface area (TPSA) is 108 Å². The number of aromatic nitrogens is 3. The molecule has 0 saturated heterocycles. The first-order valence-electron chi connectivity index (χ1n) is 6.73. The Balaban J connectivity index is 2.16. The van der Waals surface area contributed by atoms with Gasteiger partial charge in [0, 0.05) is 5.41 Å². The van der Waals surface area contributed by atoms with Crippen molar-refractivity contribution >= 4 is 11.9 Å². The number of hydrogen-bond acceptors (Lipinski definition) is 4. The van der Waals surface area contributed by atoms with Crippen LogP contribution >= 0.6 is 0 Å². The number of aromatic amines is 1. The van der Waals surface area contributed by atoms with E-state index in [0.29, 0.717) is 18.7 Å². The molecule has 0 spiro atoms. The quantitative estimate of drug-likeness (QED) is 0.771. The highest BCUT2D eigenvalue weighted by molar-refractivity contribution is 5.95. The van der Waals surface area contributed by atoms with Gasteiger partial charge in [-0.3, -0.25) is 9.89 Å². The molecule has 20 heavy (non-hydrogen) atoms. The van der Waals surface area contributed by atoms with Crippen LogP contribution in [0, 0.1) is 0 Å². The van der Waals surface area contributed by atoms with Crippen molar-refractivity contribution in [2.24, 2.45) is 0 Å². The molecule has 1 aliphatic rings. The van der Waals surface area contributed by atoms with Crippen LogP contribution in [0.4, 0.5) is 0 Å². The molecule has 0 aromatic carbocycles. The number of carbonyl (C=O) groups is 2. The van der Waals surface area contributed by atoms with Crippen LogP contribution in [0.25, 0.3) is 0 Å². The summed E-state index contributed by atoms with van der Waals surface area (Å²) in [4.78, 5) is 27.7. The summed E-state index contributed by atoms with van der Waals surface area (Å²) in [6, 6.07) is 0. The third-order valence-electron chi connectivity index (χ3n) is 3.62. The lowest BCUT2D eigenvalue weighted by molar-refractivity contribution is -0.144. The molecular weight excluding hydrogens is 260 g/mol. The second-order valence-corrected chi connectivity index (χ2v) is 6.31. The fourth-order valence-corrected chi connectivity index (χ4v) is 2.34. The van der Waals surface area contributed by atoms with E-state index in [0.717, 1.165) is 12.8 Å². The summed E-state index contributed by atoms with van der Waals surface area (Å²) < 4.78 is 0. The van der Waals surface area contributed by atoms with Gasteiger partial charge in [-0.25, -0.2) is 9.78 Å². The van der Waals surface area contributed by atoms with Crippen LogP contribution in [0.5, 0.6) is 0 Å². The predicted octanol–water partition coefficient (Wildman–Crippen LogP) is 1.23. The molecule has 0 atom stereocenters. The summed E-state index contributed by atoms with van der Waals surface area (Å²) in [6.07, 6.45) is 2.50. The smallest absolute Gasteiger partial charge is 0.329 e. The van der Waals surface area contributed by atoms with Crippen LogP contribution in [0.15, 0.2) is 0 Å². The van der Waals surface area contributed by atoms with Gasteiger partial charge in [0.15, 0.2) is 0 Å². The molecule has 1 saturated carbocycles. The van der Waals surface area contributed by atoms with Crippen LogP contribution in [-0.4, -0.2) is 37.7 Å². The molecule has 0 unspecified atom stereocenters. The molecule has 2 rings (SSSR count). The van der Waals surface area contributed by atoms with E-state index in [1.165, 1.54) is 0 Å². The predicted molar refractivity (Wildman–Crippen MR) is 71.4 cm³/mol. The first-order chi connectivity index (χ1) is 9.24. The Morgan fingerprint density at radius 1 is 1.30 bits per heavy atom. The van der Waals surface area contributed by atoms with Gasteiger partial charge in [0.25, 0.3) is 5.91 Å². The molecular formula is C13H20N4O3. The van der Waals surface area contributed by atoms with Gasteiger partial charge >= 0.3 is 5.97 Å². The minimum atomic E-state index is -1.17. The van der Waals surface area contributed by atoms with Gasteiger partial charge in [-0.05, 0) is 12.8 Å². The van der Waals surface area contributed by atoms with E-state index in [2.05, 4.69) is 20.5 Å². The third-order valence-corrected chi connectivity index (χ3v) is 3.62. The van der Waals surface area contributed by atoms with Crippen molar-refractivity contribution in [1.82, 2.24) is 20.5 Å². The van der Waals surface area contributed by atoms with E-state index in [4.69, 9.17) is 0 Å². The number of hydrogen-bond donors (Lipinski definition) is 3. The summed E-state index contributed by atoms with van der Waals surface area (Å²) in [7, 11) is 0. The van der Waals surface area contributed by atoms with Crippen molar-refractivity contribution in [3.8, 4) is 0 Å². The Bertz CT molecular complexity index is 524. The number of carbonyl (C=O) groups excluding carboxylic acids is 1. The lowest BCUT2D eigenvalue weighted by Gasteiger charge is -2.24. The molecule has 0 aliphatic heterocycles. The molecule has 1 heterocycles. The molecule has 1 fully saturated rings. The van der Waals surface area contributed by atoms with E-state index >= 15 is 0 Å². The molecule has 7 heteroatoms. The number of aliphatic carboxylic acids is 1. The normalized spacial score (nSPS) is 17.9. The van der Waals surface area contributed by atoms with Crippen LogP contribution in [-0.2, 0) is 10.2 Å². The number of H-pyrrole nitrogens is 1. The van der Waals surface area contributed by atoms with E-state index in [-0.39, 0.29) is 11.2 Å². The molecule has 1 aromatic rings. The second kappa shape index (κ2) is 4.88. The molecule has 0 bridgehead atoms. The van der Waals surface area contributed by atoms with Crippen molar-refractivity contribution < 1.29 is 14.7 Å². The summed E-state index contributed by atoms with van der Waals surface area (Å²) in [5, 5.41) is 18.5. The Morgan fingerprint density at radius 3 is 2.35 bits per heavy atom. The Hall–Kier alpha value is -1.92. The Morgan fingerprint density at radius 2 is 1.90 bits per heavy atom. The number of rotatable bonds is 3. The Labute approximate surface area is 117 Å². The lowest BCUT2D eigenvalue weighted by atomic mass is 9.96. The van der Waals surface area contributed by atoms with Gasteiger partial charge in [-0.15, -0.1) is 5.10 Å². The SMILES string of the molecule is CC(C)(C)c1nc(C(=O)NC2(C(=O)O)CCCC2)n[nH]1. The number of carboxylic acids is 1. The standard InChI is InChI=1S/C13H20N4O3/c1-12(2,3)10-14-8(16-17-10)9(18)15-13(11(19)20)6-4-5-7-13/h4-7H2,1-3H3,(H,15,18)(H,19,20)(H,14,16,17). The second-order valence-electron chi connectivity index (χ2n) is 6.31. The molecule has 1 amide bonds. The van der Waals surface area contributed by atoms with E-state index in [1.54, 1.807) is 0 Å². The maximum Gasteiger partial charge on any atom is 0.329 e. The van der Waals surface area contributed by atoms with Crippen LogP contribution in [0.1, 0.15) is 62.9 Å². The van der Waals surface area contributed by atoms with Gasteiger partial charge in [0.2, 0.25) is 5.82 Å². The zero-order valence-corrected chi connectivity index (χ0v) is 12.0. The molecule has 110 valence electrons. The monoisotopic (exact) mass is 280 g/mol. The van der Waals surface area contributed by atoms with E-state index in [9.17, 15) is 14.7 Å². The highest BCUT2D eigenvalue weighted by Crippen LogP contribution is 2.30. The first-order valence-corrected chi connectivity index (χ1v) is 6.73. The molecule has 1 aromatic heterocycles. The average molecular weight is 280 g/mol. The van der Waals surface area contributed by atoms with Gasteiger partial charge in [-0.1, -0.05) is 33.6 Å². The van der Waals surface area contributed by atoms with Gasteiger partial charge in [0.1, 0.15) is 11.4 Å². The van der Waals surface area contributed by atoms with E-state index in [1.807, 2.05) is 20.8 Å². The number of carboxylic acid groups (broad SMARTS) is 1. The van der Waals surface area contributed by atoms with Crippen molar-refractivity contribution in [3.05, 3.63) is 11.6 Å². The summed E-state index contributed by atoms with van der Waals surface area (Å²) in [5.41, 5.74) is -1.41. The fourth-order valence-electron chi connectivity index (χ4n) is 2.34. The van der Waals surface area contributed by atoms with Crippen molar-refractivity contribution in [1.29, 1.82) is 0 Å². The van der Waals surface area contributed by atoms with Gasteiger partial charge in [-0.2, -0.15) is 0 Å². The summed E-state index contributed by atoms with van der Waals surface area (Å²) in [6.45, 7) is 5.85. The van der Waals surface area contributed by atoms with Crippen molar-refractivity contribution in [2.75, 3.05) is 0 Å². The van der Waals surface area contributed by atoms with Crippen molar-refractivity contribution in [3.63, 3.8) is 0 Å². The average Bonchev–Trinajstić information content (AvgIpc) is 2.96. The molecule has 1 aliphatic carbocycles. The Kier molecular flexibility index (Phi) is 3.54. The molecule has 0 radical (unpaired) electrons. The van der Waals surface area contributed by atoms with Gasteiger partial charge < -0.3 is 10.4 Å². The molecule has 3 N–H and O–H groups in total. The number of nitrogens with zero attached hydrogens (tertiary/aromatic N) is 2. The van der Waals surface area contributed by atoms with E-state index < -0.39 is 17.4 Å². The lowest BCUT2D eigenvalue weighted by Crippen LogP contribution is -2.52.